The van der Waals surface area contributed by atoms with Crippen molar-refractivity contribution in [2.75, 3.05) is 6.26 Å². The van der Waals surface area contributed by atoms with Gasteiger partial charge in [0.25, 0.3) is 0 Å². The molecular weight excluding hydrogens is 350 g/mol. The number of nitrogens with zero attached hydrogens (tertiary/aromatic N) is 4. The van der Waals surface area contributed by atoms with Crippen LogP contribution in [0.4, 0.5) is 0 Å². The van der Waals surface area contributed by atoms with E-state index in [-0.39, 0.29) is 12.3 Å². The van der Waals surface area contributed by atoms with Gasteiger partial charge in [-0.1, -0.05) is 35.1 Å². The van der Waals surface area contributed by atoms with E-state index in [1.807, 2.05) is 55.9 Å². The van der Waals surface area contributed by atoms with Gasteiger partial charge in [0.15, 0.2) is 11.0 Å². The third kappa shape index (κ3) is 3.65. The summed E-state index contributed by atoms with van der Waals surface area (Å²) in [7, 11) is 0. The fourth-order valence-corrected chi connectivity index (χ4v) is 3.27. The van der Waals surface area contributed by atoms with E-state index in [9.17, 15) is 4.79 Å². The van der Waals surface area contributed by atoms with Crippen molar-refractivity contribution < 1.29 is 9.32 Å². The number of benzene rings is 1. The first-order valence-electron chi connectivity index (χ1n) is 8.24. The van der Waals surface area contributed by atoms with Crippen LogP contribution in [0.5, 0.6) is 0 Å². The molecule has 0 saturated carbocycles. The van der Waals surface area contributed by atoms with E-state index in [1.165, 1.54) is 11.8 Å². The van der Waals surface area contributed by atoms with Gasteiger partial charge in [0, 0.05) is 5.56 Å². The fourth-order valence-electron chi connectivity index (χ4n) is 2.76. The first-order valence-corrected chi connectivity index (χ1v) is 9.46. The number of carbonyl (C=O) groups excluding carboxylic acids is 1. The second-order valence-corrected chi connectivity index (χ2v) is 6.75. The smallest absolute Gasteiger partial charge is 0.225 e. The number of rotatable bonds is 6. The molecule has 2 heterocycles. The maximum absolute atomic E-state index is 12.3. The highest BCUT2D eigenvalue weighted by Crippen LogP contribution is 2.22. The van der Waals surface area contributed by atoms with Crippen LogP contribution in [0.3, 0.4) is 0 Å². The Kier molecular flexibility index (Phi) is 5.41. The van der Waals surface area contributed by atoms with Gasteiger partial charge in [-0.25, -0.2) is 0 Å². The molecule has 0 aliphatic rings. The number of carbonyl (C=O) groups is 1. The Morgan fingerprint density at radius 2 is 2.00 bits per heavy atom. The van der Waals surface area contributed by atoms with E-state index >= 15 is 0 Å². The third-order valence-corrected chi connectivity index (χ3v) is 4.83. The zero-order valence-electron chi connectivity index (χ0n) is 15.2. The summed E-state index contributed by atoms with van der Waals surface area (Å²) in [4.78, 5) is 12.3. The van der Waals surface area contributed by atoms with Gasteiger partial charge in [-0.05, 0) is 38.7 Å². The van der Waals surface area contributed by atoms with Crippen molar-refractivity contribution in [2.24, 2.45) is 0 Å². The number of aryl methyl sites for hydroxylation is 3. The molecule has 26 heavy (non-hydrogen) atoms. The van der Waals surface area contributed by atoms with E-state index in [4.69, 9.17) is 4.52 Å². The van der Waals surface area contributed by atoms with E-state index in [2.05, 4.69) is 20.7 Å². The van der Waals surface area contributed by atoms with Crippen LogP contribution in [0.25, 0.3) is 5.69 Å². The summed E-state index contributed by atoms with van der Waals surface area (Å²) < 4.78 is 7.09. The molecule has 0 bridgehead atoms. The lowest BCUT2D eigenvalue weighted by atomic mass is 10.1. The molecule has 0 fully saturated rings. The molecule has 0 radical (unpaired) electrons. The summed E-state index contributed by atoms with van der Waals surface area (Å²) in [5, 5.41) is 16.1. The standard InChI is InChI=1S/C18H21N5O2S/c1-11-7-5-6-8-15(11)23-16(20-21-18(23)26-4)10-19-17(24)9-14-12(2)22-25-13(14)3/h5-8H,9-10H2,1-4H3,(H,19,24). The molecule has 1 amide bonds. The molecule has 0 aliphatic carbocycles. The molecule has 1 aromatic carbocycles. The van der Waals surface area contributed by atoms with Gasteiger partial charge in [-0.2, -0.15) is 0 Å². The van der Waals surface area contributed by atoms with E-state index in [0.717, 1.165) is 27.7 Å². The van der Waals surface area contributed by atoms with Gasteiger partial charge in [-0.3, -0.25) is 9.36 Å². The maximum Gasteiger partial charge on any atom is 0.225 e. The second-order valence-electron chi connectivity index (χ2n) is 5.98. The predicted octanol–water partition coefficient (Wildman–Crippen LogP) is 2.76. The molecule has 0 atom stereocenters. The van der Waals surface area contributed by atoms with Gasteiger partial charge in [0.2, 0.25) is 5.91 Å². The van der Waals surface area contributed by atoms with Crippen LogP contribution in [0.1, 0.15) is 28.4 Å². The molecular formula is C18H21N5O2S. The quantitative estimate of drug-likeness (QED) is 0.671. The van der Waals surface area contributed by atoms with E-state index < -0.39 is 0 Å². The van der Waals surface area contributed by atoms with Gasteiger partial charge in [0.05, 0.1) is 24.3 Å². The van der Waals surface area contributed by atoms with Crippen LogP contribution < -0.4 is 5.32 Å². The number of hydrogen-bond acceptors (Lipinski definition) is 6. The van der Waals surface area contributed by atoms with Crippen molar-refractivity contribution in [3.8, 4) is 5.69 Å². The zero-order valence-corrected chi connectivity index (χ0v) is 16.1. The SMILES string of the molecule is CSc1nnc(CNC(=O)Cc2c(C)noc2C)n1-c1ccccc1C. The molecule has 2 aromatic heterocycles. The lowest BCUT2D eigenvalue weighted by Crippen LogP contribution is -2.26. The Balaban J connectivity index is 1.78. The zero-order chi connectivity index (χ0) is 18.7. The topological polar surface area (TPSA) is 85.8 Å². The summed E-state index contributed by atoms with van der Waals surface area (Å²) in [6.07, 6.45) is 2.19. The average molecular weight is 371 g/mol. The van der Waals surface area contributed by atoms with Gasteiger partial charge >= 0.3 is 0 Å². The Bertz CT molecular complexity index is 912. The van der Waals surface area contributed by atoms with Crippen LogP contribution in [-0.2, 0) is 17.8 Å². The molecule has 0 unspecified atom stereocenters. The minimum atomic E-state index is -0.107. The number of nitrogens with one attached hydrogen (secondary N) is 1. The highest BCUT2D eigenvalue weighted by molar-refractivity contribution is 7.98. The van der Waals surface area contributed by atoms with Gasteiger partial charge in [0.1, 0.15) is 5.76 Å². The largest absolute Gasteiger partial charge is 0.361 e. The Hall–Kier alpha value is -2.61. The lowest BCUT2D eigenvalue weighted by molar-refractivity contribution is -0.120. The highest BCUT2D eigenvalue weighted by Gasteiger charge is 2.17. The van der Waals surface area contributed by atoms with Crippen molar-refractivity contribution in [2.45, 2.75) is 38.9 Å². The Morgan fingerprint density at radius 3 is 2.65 bits per heavy atom. The van der Waals surface area contributed by atoms with Crippen molar-refractivity contribution in [1.29, 1.82) is 0 Å². The van der Waals surface area contributed by atoms with Gasteiger partial charge in [-0.15, -0.1) is 10.2 Å². The van der Waals surface area contributed by atoms with Crippen LogP contribution in [0, 0.1) is 20.8 Å². The number of amides is 1. The van der Waals surface area contributed by atoms with Crippen LogP contribution in [0.15, 0.2) is 33.9 Å². The maximum atomic E-state index is 12.3. The van der Waals surface area contributed by atoms with Crippen LogP contribution in [-0.4, -0.2) is 32.1 Å². The van der Waals surface area contributed by atoms with Crippen molar-refractivity contribution in [3.05, 3.63) is 52.7 Å². The lowest BCUT2D eigenvalue weighted by Gasteiger charge is -2.12. The summed E-state index contributed by atoms with van der Waals surface area (Å²) in [6.45, 7) is 5.98. The average Bonchev–Trinajstić information content (AvgIpc) is 3.18. The molecule has 0 spiro atoms. The molecule has 7 nitrogen and oxygen atoms in total. The molecule has 8 heteroatoms. The van der Waals surface area contributed by atoms with Crippen LogP contribution >= 0.6 is 11.8 Å². The molecule has 0 saturated heterocycles. The van der Waals surface area contributed by atoms with E-state index in [0.29, 0.717) is 18.1 Å². The van der Waals surface area contributed by atoms with Crippen LogP contribution in [0.2, 0.25) is 0 Å². The van der Waals surface area contributed by atoms with E-state index in [1.54, 1.807) is 0 Å². The Morgan fingerprint density at radius 1 is 1.23 bits per heavy atom. The monoisotopic (exact) mass is 371 g/mol. The summed E-state index contributed by atoms with van der Waals surface area (Å²) >= 11 is 1.52. The minimum absolute atomic E-state index is 0.107. The molecule has 0 aliphatic heterocycles. The number of hydrogen-bond donors (Lipinski definition) is 1. The molecule has 136 valence electrons. The fraction of sp³-hybridized carbons (Fsp3) is 0.333. The molecule has 1 N–H and O–H groups in total. The van der Waals surface area contributed by atoms with Crippen molar-refractivity contribution in [1.82, 2.24) is 25.2 Å². The number of para-hydroxylation sites is 1. The predicted molar refractivity (Wildman–Crippen MR) is 99.4 cm³/mol. The second kappa shape index (κ2) is 7.74. The summed E-state index contributed by atoms with van der Waals surface area (Å²) in [6, 6.07) is 8.03. The van der Waals surface area contributed by atoms with Crippen molar-refractivity contribution in [3.63, 3.8) is 0 Å². The Labute approximate surface area is 156 Å². The first-order chi connectivity index (χ1) is 12.5. The first kappa shape index (κ1) is 18.2. The van der Waals surface area contributed by atoms with Crippen molar-refractivity contribution >= 4 is 17.7 Å². The van der Waals surface area contributed by atoms with Gasteiger partial charge < -0.3 is 9.84 Å². The number of aromatic nitrogens is 4. The highest BCUT2D eigenvalue weighted by atomic mass is 32.2. The summed E-state index contributed by atoms with van der Waals surface area (Å²) in [5.74, 6) is 1.26. The molecule has 3 rings (SSSR count). The summed E-state index contributed by atoms with van der Waals surface area (Å²) in [5.41, 5.74) is 3.70. The normalized spacial score (nSPS) is 10.9. The molecule has 3 aromatic rings. The minimum Gasteiger partial charge on any atom is -0.361 e. The third-order valence-electron chi connectivity index (χ3n) is 4.20. The number of thioether (sulfide) groups is 1.